The van der Waals surface area contributed by atoms with Crippen molar-refractivity contribution in [2.75, 3.05) is 33.3 Å². The molecule has 3 rings (SSSR count). The number of aromatic nitrogens is 1. The van der Waals surface area contributed by atoms with E-state index in [2.05, 4.69) is 35.5 Å². The molecule has 0 fully saturated rings. The highest BCUT2D eigenvalue weighted by Gasteiger charge is 2.24. The second-order valence-corrected chi connectivity index (χ2v) is 9.36. The van der Waals surface area contributed by atoms with Crippen LogP contribution in [0, 0.1) is 26.2 Å². The van der Waals surface area contributed by atoms with Crippen molar-refractivity contribution in [2.24, 2.45) is 0 Å². The first-order valence-corrected chi connectivity index (χ1v) is 11.7. The van der Waals surface area contributed by atoms with Crippen LogP contribution in [0.4, 0.5) is 5.13 Å². The summed E-state index contributed by atoms with van der Waals surface area (Å²) >= 11 is 8.09. The van der Waals surface area contributed by atoms with E-state index < -0.39 is 0 Å². The average Bonchev–Trinajstić information content (AvgIpc) is 3.18. The maximum atomic E-state index is 6.54. The first-order chi connectivity index (χ1) is 15.9. The minimum Gasteiger partial charge on any atom is -0.496 e. The number of terminal acetylenes is 1. The van der Waals surface area contributed by atoms with Gasteiger partial charge in [0.1, 0.15) is 5.75 Å². The van der Waals surface area contributed by atoms with E-state index in [1.54, 1.807) is 32.7 Å². The van der Waals surface area contributed by atoms with Crippen LogP contribution in [-0.2, 0) is 16.1 Å². The van der Waals surface area contributed by atoms with Gasteiger partial charge in [-0.05, 0) is 42.7 Å². The Morgan fingerprint density at radius 1 is 1.12 bits per heavy atom. The first-order valence-electron chi connectivity index (χ1n) is 10.5. The Balaban J connectivity index is 0.00000408. The lowest BCUT2D eigenvalue weighted by molar-refractivity contribution is 0.177. The van der Waals surface area contributed by atoms with Gasteiger partial charge in [-0.15, -0.1) is 30.2 Å². The highest BCUT2D eigenvalue weighted by atomic mass is 35.5. The Morgan fingerprint density at radius 2 is 1.82 bits per heavy atom. The van der Waals surface area contributed by atoms with E-state index in [1.165, 1.54) is 0 Å². The molecular formula is C26H30Cl2N2O3S. The molecule has 0 radical (unpaired) electrons. The van der Waals surface area contributed by atoms with Gasteiger partial charge in [-0.25, -0.2) is 4.98 Å². The van der Waals surface area contributed by atoms with Gasteiger partial charge in [-0.2, -0.15) is 0 Å². The van der Waals surface area contributed by atoms with Crippen molar-refractivity contribution < 1.29 is 14.2 Å². The van der Waals surface area contributed by atoms with Crippen LogP contribution in [0.1, 0.15) is 27.5 Å². The molecule has 8 heteroatoms. The summed E-state index contributed by atoms with van der Waals surface area (Å²) in [6, 6.07) is 11.8. The molecule has 1 N–H and O–H groups in total. The molecule has 3 aromatic rings. The van der Waals surface area contributed by atoms with Crippen molar-refractivity contribution in [2.45, 2.75) is 32.4 Å². The third-order valence-corrected chi connectivity index (χ3v) is 6.68. The van der Waals surface area contributed by atoms with E-state index in [4.69, 9.17) is 37.2 Å². The summed E-state index contributed by atoms with van der Waals surface area (Å²) in [5.74, 6) is 3.59. The minimum atomic E-state index is -0.301. The van der Waals surface area contributed by atoms with E-state index in [1.807, 2.05) is 26.0 Å². The van der Waals surface area contributed by atoms with Crippen LogP contribution in [0.15, 0.2) is 36.4 Å². The quantitative estimate of drug-likeness (QED) is 0.309. The number of halogens is 2. The lowest BCUT2D eigenvalue weighted by atomic mass is 9.92. The zero-order valence-corrected chi connectivity index (χ0v) is 22.4. The Hall–Kier alpha value is -2.27. The number of methoxy groups -OCH3 is 3. The van der Waals surface area contributed by atoms with E-state index in [-0.39, 0.29) is 24.4 Å². The summed E-state index contributed by atoms with van der Waals surface area (Å²) in [6.07, 6.45) is 5.95. The first kappa shape index (κ1) is 28.0. The fourth-order valence-corrected chi connectivity index (χ4v) is 4.86. The number of benzene rings is 2. The van der Waals surface area contributed by atoms with E-state index in [0.717, 1.165) is 43.7 Å². The van der Waals surface area contributed by atoms with Gasteiger partial charge in [0.25, 0.3) is 0 Å². The predicted molar refractivity (Wildman–Crippen MR) is 144 cm³/mol. The highest BCUT2D eigenvalue weighted by Crippen LogP contribution is 2.38. The Kier molecular flexibility index (Phi) is 10.7. The second kappa shape index (κ2) is 13.0. The van der Waals surface area contributed by atoms with Crippen molar-refractivity contribution in [1.29, 1.82) is 0 Å². The van der Waals surface area contributed by atoms with Crippen LogP contribution in [0.5, 0.6) is 5.75 Å². The maximum Gasteiger partial charge on any atom is 0.184 e. The van der Waals surface area contributed by atoms with E-state index >= 15 is 0 Å². The van der Waals surface area contributed by atoms with Gasteiger partial charge in [0.05, 0.1) is 37.1 Å². The summed E-state index contributed by atoms with van der Waals surface area (Å²) in [6.45, 7) is 5.06. The van der Waals surface area contributed by atoms with Crippen LogP contribution >= 0.6 is 35.3 Å². The monoisotopic (exact) mass is 520 g/mol. The van der Waals surface area contributed by atoms with Crippen LogP contribution in [0.25, 0.3) is 11.3 Å². The average molecular weight is 522 g/mol. The number of hydrogen-bond acceptors (Lipinski definition) is 6. The maximum absolute atomic E-state index is 6.54. The molecule has 2 atom stereocenters. The molecule has 0 aliphatic heterocycles. The Labute approximate surface area is 217 Å². The summed E-state index contributed by atoms with van der Waals surface area (Å²) in [5.41, 5.74) is 4.90. The van der Waals surface area contributed by atoms with Crippen LogP contribution in [0.2, 0.25) is 5.02 Å². The zero-order valence-electron chi connectivity index (χ0n) is 20.0. The largest absolute Gasteiger partial charge is 0.496 e. The van der Waals surface area contributed by atoms with Gasteiger partial charge in [0.2, 0.25) is 0 Å². The van der Waals surface area contributed by atoms with Crippen molar-refractivity contribution >= 4 is 40.5 Å². The zero-order chi connectivity index (χ0) is 24.0. The fourth-order valence-electron chi connectivity index (χ4n) is 3.76. The topological polar surface area (TPSA) is 52.6 Å². The van der Waals surface area contributed by atoms with Gasteiger partial charge in [0, 0.05) is 30.6 Å². The molecule has 0 saturated heterocycles. The number of aryl methyl sites for hydroxylation is 2. The lowest BCUT2D eigenvalue weighted by Crippen LogP contribution is -2.29. The minimum absolute atomic E-state index is 0. The van der Waals surface area contributed by atoms with Gasteiger partial charge >= 0.3 is 0 Å². The smallest absolute Gasteiger partial charge is 0.184 e. The number of anilines is 1. The molecule has 0 aliphatic rings. The molecule has 2 unspecified atom stereocenters. The number of rotatable bonds is 10. The molecule has 182 valence electrons. The number of hydrogen-bond donors (Lipinski definition) is 1. The highest BCUT2D eigenvalue weighted by molar-refractivity contribution is 7.16. The van der Waals surface area contributed by atoms with Crippen molar-refractivity contribution in [1.82, 2.24) is 4.98 Å². The van der Waals surface area contributed by atoms with Crippen LogP contribution in [0.3, 0.4) is 0 Å². The number of nitrogens with zero attached hydrogens (tertiary/aromatic N) is 1. The van der Waals surface area contributed by atoms with Gasteiger partial charge in [-0.1, -0.05) is 41.8 Å². The second-order valence-electron chi connectivity index (χ2n) is 7.75. The molecule has 0 bridgehead atoms. The molecule has 0 amide bonds. The third-order valence-electron chi connectivity index (χ3n) is 5.46. The lowest BCUT2D eigenvalue weighted by Gasteiger charge is -2.24. The number of nitrogens with one attached hydrogen (secondary N) is 1. The summed E-state index contributed by atoms with van der Waals surface area (Å²) in [5, 5.41) is 4.78. The molecule has 34 heavy (non-hydrogen) atoms. The van der Waals surface area contributed by atoms with Crippen LogP contribution < -0.4 is 10.1 Å². The molecule has 0 aliphatic carbocycles. The normalized spacial score (nSPS) is 12.4. The standard InChI is InChI=1S/C26H29ClN2O3S.ClH/c1-7-23(21(15-31-5)19-10-8-18(9-11-19)14-30-4)28-26-29-25(17(3)33-26)20-12-16(2)24(32-6)13-22(20)27;/h1,8-13,21,23H,14-15H2,2-6H3,(H,28,29);1H. The Morgan fingerprint density at radius 3 is 2.41 bits per heavy atom. The SMILES string of the molecule is C#CC(Nc1nc(-c2cc(C)c(OC)cc2Cl)c(C)s1)C(COC)c1ccc(COC)cc1.Cl. The molecule has 0 saturated carbocycles. The van der Waals surface area contributed by atoms with Gasteiger partial charge in [-0.3, -0.25) is 0 Å². The van der Waals surface area contributed by atoms with Crippen molar-refractivity contribution in [3.8, 4) is 29.4 Å². The summed E-state index contributed by atoms with van der Waals surface area (Å²) in [7, 11) is 5.00. The van der Waals surface area contributed by atoms with E-state index in [0.29, 0.717) is 18.2 Å². The predicted octanol–water partition coefficient (Wildman–Crippen LogP) is 6.50. The Bertz CT molecular complexity index is 1130. The van der Waals surface area contributed by atoms with E-state index in [9.17, 15) is 0 Å². The fraction of sp³-hybridized carbons (Fsp3) is 0.346. The number of ether oxygens (including phenoxy) is 3. The molecule has 1 aromatic heterocycles. The summed E-state index contributed by atoms with van der Waals surface area (Å²) < 4.78 is 16.1. The molecule has 2 aromatic carbocycles. The summed E-state index contributed by atoms with van der Waals surface area (Å²) in [4.78, 5) is 5.88. The van der Waals surface area contributed by atoms with Crippen molar-refractivity contribution in [3.05, 3.63) is 63.0 Å². The number of thiazole rings is 1. The molecular weight excluding hydrogens is 491 g/mol. The van der Waals surface area contributed by atoms with Crippen molar-refractivity contribution in [3.63, 3.8) is 0 Å². The third kappa shape index (κ3) is 6.44. The molecule has 0 spiro atoms. The van der Waals surface area contributed by atoms with Gasteiger partial charge in [0.15, 0.2) is 5.13 Å². The van der Waals surface area contributed by atoms with Gasteiger partial charge < -0.3 is 19.5 Å². The molecule has 1 heterocycles. The molecule has 5 nitrogen and oxygen atoms in total. The van der Waals surface area contributed by atoms with Crippen LogP contribution in [-0.4, -0.2) is 39.0 Å².